The summed E-state index contributed by atoms with van der Waals surface area (Å²) in [7, 11) is 0. The molecule has 0 bridgehead atoms. The third-order valence-corrected chi connectivity index (χ3v) is 3.16. The molecule has 5 heteroatoms. The SMILES string of the molecule is CC(C)Cn1nc(-c2ccc(F)cc2)cc(CCl)c1=O. The fourth-order valence-electron chi connectivity index (χ4n) is 1.92. The van der Waals surface area contributed by atoms with Crippen LogP contribution >= 0.6 is 11.6 Å². The second kappa shape index (κ2) is 6.18. The minimum Gasteiger partial charge on any atom is -0.267 e. The van der Waals surface area contributed by atoms with E-state index in [1.165, 1.54) is 16.8 Å². The maximum Gasteiger partial charge on any atom is 0.271 e. The zero-order valence-electron chi connectivity index (χ0n) is 11.4. The molecule has 0 spiro atoms. The molecule has 0 atom stereocenters. The molecule has 106 valence electrons. The van der Waals surface area contributed by atoms with Crippen molar-refractivity contribution in [2.45, 2.75) is 26.3 Å². The molecular formula is C15H16ClFN2O. The molecule has 1 heterocycles. The standard InChI is InChI=1S/C15H16ClFN2O/c1-10(2)9-19-15(20)12(8-16)7-14(18-19)11-3-5-13(17)6-4-11/h3-7,10H,8-9H2,1-2H3. The molecule has 2 rings (SSSR count). The van der Waals surface area contributed by atoms with Gasteiger partial charge < -0.3 is 0 Å². The molecule has 20 heavy (non-hydrogen) atoms. The van der Waals surface area contributed by atoms with Crippen molar-refractivity contribution >= 4 is 11.6 Å². The summed E-state index contributed by atoms with van der Waals surface area (Å²) in [6.07, 6.45) is 0. The minimum absolute atomic E-state index is 0.133. The predicted molar refractivity (Wildman–Crippen MR) is 78.3 cm³/mol. The van der Waals surface area contributed by atoms with Crippen LogP contribution in [0.15, 0.2) is 35.1 Å². The van der Waals surface area contributed by atoms with Gasteiger partial charge in [-0.1, -0.05) is 13.8 Å². The Bertz CT molecular complexity index is 650. The van der Waals surface area contributed by atoms with Crippen LogP contribution in [0.2, 0.25) is 0 Å². The van der Waals surface area contributed by atoms with E-state index < -0.39 is 0 Å². The summed E-state index contributed by atoms with van der Waals surface area (Å²) < 4.78 is 14.4. The van der Waals surface area contributed by atoms with Crippen LogP contribution in [0.1, 0.15) is 19.4 Å². The van der Waals surface area contributed by atoms with E-state index in [4.69, 9.17) is 11.6 Å². The number of aromatic nitrogens is 2. The maximum absolute atomic E-state index is 13.0. The molecule has 0 fully saturated rings. The monoisotopic (exact) mass is 294 g/mol. The second-order valence-corrected chi connectivity index (χ2v) is 5.34. The van der Waals surface area contributed by atoms with Gasteiger partial charge in [0.25, 0.3) is 5.56 Å². The van der Waals surface area contributed by atoms with Gasteiger partial charge in [-0.25, -0.2) is 9.07 Å². The number of alkyl halides is 1. The number of hydrogen-bond donors (Lipinski definition) is 0. The summed E-state index contributed by atoms with van der Waals surface area (Å²) in [6.45, 7) is 4.55. The highest BCUT2D eigenvalue weighted by Gasteiger charge is 2.10. The maximum atomic E-state index is 13.0. The largest absolute Gasteiger partial charge is 0.271 e. The fraction of sp³-hybridized carbons (Fsp3) is 0.333. The van der Waals surface area contributed by atoms with Gasteiger partial charge in [-0.05, 0) is 36.2 Å². The first-order valence-electron chi connectivity index (χ1n) is 6.44. The van der Waals surface area contributed by atoms with Crippen LogP contribution in [0.4, 0.5) is 4.39 Å². The second-order valence-electron chi connectivity index (χ2n) is 5.08. The quantitative estimate of drug-likeness (QED) is 0.810. The lowest BCUT2D eigenvalue weighted by Crippen LogP contribution is -2.28. The molecule has 0 aliphatic carbocycles. The van der Waals surface area contributed by atoms with Gasteiger partial charge >= 0.3 is 0 Å². The van der Waals surface area contributed by atoms with E-state index in [-0.39, 0.29) is 17.3 Å². The van der Waals surface area contributed by atoms with Crippen molar-refractivity contribution in [3.63, 3.8) is 0 Å². The first-order valence-corrected chi connectivity index (χ1v) is 6.97. The molecule has 0 aliphatic heterocycles. The zero-order chi connectivity index (χ0) is 14.7. The Labute approximate surface area is 122 Å². The Morgan fingerprint density at radius 1 is 1.30 bits per heavy atom. The Morgan fingerprint density at radius 2 is 1.95 bits per heavy atom. The highest BCUT2D eigenvalue weighted by Crippen LogP contribution is 2.18. The average molecular weight is 295 g/mol. The molecule has 0 amide bonds. The van der Waals surface area contributed by atoms with E-state index in [2.05, 4.69) is 5.10 Å². The summed E-state index contributed by atoms with van der Waals surface area (Å²) in [5, 5.41) is 4.34. The number of nitrogens with zero attached hydrogens (tertiary/aromatic N) is 2. The lowest BCUT2D eigenvalue weighted by atomic mass is 10.1. The third-order valence-electron chi connectivity index (χ3n) is 2.87. The number of halogens is 2. The number of hydrogen-bond acceptors (Lipinski definition) is 2. The molecule has 3 nitrogen and oxygen atoms in total. The van der Waals surface area contributed by atoms with E-state index in [1.807, 2.05) is 13.8 Å². The molecule has 1 aromatic heterocycles. The molecule has 0 radical (unpaired) electrons. The van der Waals surface area contributed by atoms with E-state index in [1.54, 1.807) is 18.2 Å². The fourth-order valence-corrected chi connectivity index (χ4v) is 2.12. The van der Waals surface area contributed by atoms with E-state index in [0.29, 0.717) is 23.7 Å². The van der Waals surface area contributed by atoms with Gasteiger partial charge in [-0.2, -0.15) is 5.10 Å². The smallest absolute Gasteiger partial charge is 0.267 e. The van der Waals surface area contributed by atoms with Gasteiger partial charge in [0, 0.05) is 17.7 Å². The van der Waals surface area contributed by atoms with Crippen LogP contribution in [-0.2, 0) is 12.4 Å². The summed E-state index contributed by atoms with van der Waals surface area (Å²) in [6, 6.07) is 7.68. The van der Waals surface area contributed by atoms with Gasteiger partial charge in [-0.15, -0.1) is 11.6 Å². The average Bonchev–Trinajstić information content (AvgIpc) is 2.41. The Balaban J connectivity index is 2.53. The van der Waals surface area contributed by atoms with E-state index >= 15 is 0 Å². The first kappa shape index (κ1) is 14.7. The van der Waals surface area contributed by atoms with E-state index in [9.17, 15) is 9.18 Å². The van der Waals surface area contributed by atoms with Crippen LogP contribution in [0.3, 0.4) is 0 Å². The molecule has 0 saturated heterocycles. The van der Waals surface area contributed by atoms with Crippen LogP contribution in [-0.4, -0.2) is 9.78 Å². The minimum atomic E-state index is -0.304. The molecular weight excluding hydrogens is 279 g/mol. The van der Waals surface area contributed by atoms with Gasteiger partial charge in [-0.3, -0.25) is 4.79 Å². The summed E-state index contributed by atoms with van der Waals surface area (Å²) in [5.41, 5.74) is 1.72. The van der Waals surface area contributed by atoms with Crippen molar-refractivity contribution in [2.24, 2.45) is 5.92 Å². The van der Waals surface area contributed by atoms with Gasteiger partial charge in [0.2, 0.25) is 0 Å². The molecule has 0 unspecified atom stereocenters. The topological polar surface area (TPSA) is 34.9 Å². The molecule has 0 saturated carbocycles. The van der Waals surface area contributed by atoms with Crippen molar-refractivity contribution in [3.05, 3.63) is 52.1 Å². The van der Waals surface area contributed by atoms with Gasteiger partial charge in [0.1, 0.15) is 5.82 Å². The van der Waals surface area contributed by atoms with Crippen LogP contribution in [0.5, 0.6) is 0 Å². The molecule has 2 aromatic rings. The number of benzene rings is 1. The van der Waals surface area contributed by atoms with Crippen molar-refractivity contribution in [1.29, 1.82) is 0 Å². The normalized spacial score (nSPS) is 11.1. The van der Waals surface area contributed by atoms with Crippen molar-refractivity contribution in [2.75, 3.05) is 0 Å². The van der Waals surface area contributed by atoms with Crippen LogP contribution < -0.4 is 5.56 Å². The summed E-state index contributed by atoms with van der Waals surface area (Å²) in [4.78, 5) is 12.1. The van der Waals surface area contributed by atoms with E-state index in [0.717, 1.165) is 5.56 Å². The number of rotatable bonds is 4. The van der Waals surface area contributed by atoms with Gasteiger partial charge in [0.15, 0.2) is 0 Å². The summed E-state index contributed by atoms with van der Waals surface area (Å²) in [5.74, 6) is 0.127. The highest BCUT2D eigenvalue weighted by molar-refractivity contribution is 6.17. The van der Waals surface area contributed by atoms with Gasteiger partial charge in [0.05, 0.1) is 11.6 Å². The molecule has 1 aromatic carbocycles. The van der Waals surface area contributed by atoms with Crippen LogP contribution in [0, 0.1) is 11.7 Å². The zero-order valence-corrected chi connectivity index (χ0v) is 12.2. The molecule has 0 aliphatic rings. The lowest BCUT2D eigenvalue weighted by Gasteiger charge is -2.11. The highest BCUT2D eigenvalue weighted by atomic mass is 35.5. The Hall–Kier alpha value is -1.68. The Morgan fingerprint density at radius 3 is 2.50 bits per heavy atom. The van der Waals surface area contributed by atoms with Crippen molar-refractivity contribution < 1.29 is 4.39 Å². The molecule has 0 N–H and O–H groups in total. The van der Waals surface area contributed by atoms with Crippen molar-refractivity contribution in [1.82, 2.24) is 9.78 Å². The summed E-state index contributed by atoms with van der Waals surface area (Å²) >= 11 is 5.82. The lowest BCUT2D eigenvalue weighted by molar-refractivity contribution is 0.463. The third kappa shape index (κ3) is 3.25. The Kier molecular flexibility index (Phi) is 4.55. The van der Waals surface area contributed by atoms with Crippen LogP contribution in [0.25, 0.3) is 11.3 Å². The van der Waals surface area contributed by atoms with Crippen molar-refractivity contribution in [3.8, 4) is 11.3 Å². The predicted octanol–water partition coefficient (Wildman–Crippen LogP) is 3.44. The first-order chi connectivity index (χ1) is 9.51.